The molecule has 3 aliphatic heterocycles. The number of anilines is 1. The van der Waals surface area contributed by atoms with E-state index in [2.05, 4.69) is 21.3 Å². The first-order valence-corrected chi connectivity index (χ1v) is 30.2. The zero-order chi connectivity index (χ0) is 61.5. The lowest BCUT2D eigenvalue weighted by Gasteiger charge is -2.40. The van der Waals surface area contributed by atoms with Gasteiger partial charge in [0, 0.05) is 74.7 Å². The summed E-state index contributed by atoms with van der Waals surface area (Å²) < 4.78 is 79.3. The number of carbonyl (C=O) groups excluding carboxylic acids is 8. The number of primary amides is 1. The van der Waals surface area contributed by atoms with Gasteiger partial charge in [-0.15, -0.1) is 0 Å². The Morgan fingerprint density at radius 3 is 2.21 bits per heavy atom. The number of aliphatic hydroxyl groups excluding tert-OH is 1. The number of benzene rings is 3. The second-order valence-electron chi connectivity index (χ2n) is 22.0. The zero-order valence-corrected chi connectivity index (χ0v) is 48.4. The molecule has 22 nitrogen and oxygen atoms in total. The highest BCUT2D eigenvalue weighted by Crippen LogP contribution is 2.40. The maximum atomic E-state index is 16.4. The fourth-order valence-electron chi connectivity index (χ4n) is 10.6. The largest absolute Gasteiger partial charge is 0.445 e. The monoisotopic (exact) mass is 1200 g/mol. The molecule has 0 saturated carbocycles. The summed E-state index contributed by atoms with van der Waals surface area (Å²) in [5, 5.41) is 21.6. The molecular formula is C59H73F3N10O12S. The van der Waals surface area contributed by atoms with Crippen LogP contribution < -0.4 is 27.0 Å². The summed E-state index contributed by atoms with van der Waals surface area (Å²) in [4.78, 5) is 112. The van der Waals surface area contributed by atoms with Gasteiger partial charge in [0.15, 0.2) is 0 Å². The predicted molar refractivity (Wildman–Crippen MR) is 306 cm³/mol. The summed E-state index contributed by atoms with van der Waals surface area (Å²) in [5.41, 5.74) is 6.61. The van der Waals surface area contributed by atoms with Crippen LogP contribution >= 0.6 is 0 Å². The van der Waals surface area contributed by atoms with Crippen molar-refractivity contribution in [2.24, 2.45) is 23.5 Å². The number of hydrogen-bond donors (Lipinski definition) is 6. The van der Waals surface area contributed by atoms with Crippen LogP contribution in [0.2, 0.25) is 0 Å². The number of rotatable bonds is 27. The second kappa shape index (κ2) is 29.6. The Morgan fingerprint density at radius 2 is 1.55 bits per heavy atom. The predicted octanol–water partition coefficient (Wildman–Crippen LogP) is 5.06. The number of nitrogens with two attached hydrogens (primary N) is 1. The van der Waals surface area contributed by atoms with Crippen molar-refractivity contribution in [2.75, 3.05) is 49.5 Å². The Kier molecular flexibility index (Phi) is 22.4. The Morgan fingerprint density at radius 1 is 0.859 bits per heavy atom. The van der Waals surface area contributed by atoms with E-state index in [1.54, 1.807) is 42.7 Å². The van der Waals surface area contributed by atoms with Crippen LogP contribution in [0.3, 0.4) is 0 Å². The molecular weight excluding hydrogens is 1130 g/mol. The van der Waals surface area contributed by atoms with Crippen molar-refractivity contribution in [3.05, 3.63) is 120 Å². The average Bonchev–Trinajstić information content (AvgIpc) is 2.20. The topological polar surface area (TPSA) is 302 Å². The van der Waals surface area contributed by atoms with Crippen molar-refractivity contribution >= 4 is 63.1 Å². The molecule has 4 aromatic rings. The Labute approximate surface area is 491 Å². The number of halogens is 3. The lowest BCUT2D eigenvalue weighted by molar-refractivity contribution is -0.144. The normalized spacial score (nSPS) is 18.2. The summed E-state index contributed by atoms with van der Waals surface area (Å²) in [5.74, 6) is -7.10. The van der Waals surface area contributed by atoms with E-state index in [-0.39, 0.29) is 112 Å². The van der Waals surface area contributed by atoms with Crippen molar-refractivity contribution in [1.82, 2.24) is 40.2 Å². The minimum atomic E-state index is -3.46. The molecule has 0 bridgehead atoms. The molecule has 2 fully saturated rings. The van der Waals surface area contributed by atoms with Gasteiger partial charge in [0.25, 0.3) is 17.7 Å². The molecule has 85 heavy (non-hydrogen) atoms. The van der Waals surface area contributed by atoms with E-state index in [1.165, 1.54) is 42.3 Å². The molecule has 0 unspecified atom stereocenters. The van der Waals surface area contributed by atoms with Gasteiger partial charge in [0.05, 0.1) is 29.8 Å². The summed E-state index contributed by atoms with van der Waals surface area (Å²) >= 11 is 0. The SMILES string of the molecule is CC(C)[C@H](NC(=O)CCCCCN1C(=O)C=CC1=O)C(=O)N[C@@H](CCCNC(N)=O)C(=O)Nc1ccc(COC(=O)N2C[C@@H](CN(C(=O)[C@H](C)O)[C@@H](c3nc(-c4cc(F)ccc4F)cn3Cc3ccccc3)C3CCS(=O)(=O)CC3)[C@@H](F)C2)cc1. The smallest absolute Gasteiger partial charge is 0.410 e. The first kappa shape index (κ1) is 64.4. The summed E-state index contributed by atoms with van der Waals surface area (Å²) in [6.07, 6.45) is 1.65. The Hall–Kier alpha value is -8.13. The third-order valence-corrected chi connectivity index (χ3v) is 16.9. The van der Waals surface area contributed by atoms with E-state index < -0.39 is 112 Å². The number of aromatic nitrogens is 2. The molecule has 9 amide bonds. The van der Waals surface area contributed by atoms with E-state index in [1.807, 2.05) is 18.2 Å². The number of imidazole rings is 1. The summed E-state index contributed by atoms with van der Waals surface area (Å²) in [7, 11) is -3.46. The van der Waals surface area contributed by atoms with E-state index in [9.17, 15) is 56.3 Å². The number of sulfone groups is 1. The van der Waals surface area contributed by atoms with Crippen LogP contribution in [-0.2, 0) is 56.5 Å². The minimum absolute atomic E-state index is 0.0194. The Bertz CT molecular complexity index is 3170. The standard InChI is InChI=1S/C59H73F3N10O12S/c1-36(2)52(68-49(74)14-8-5-9-26-71-50(75)21-22-51(71)76)56(78)67-47(13-10-25-64-58(63)80)55(77)65-43-18-15-39(16-19-43)35-84-59(81)70-31-41(46(62)33-70)32-72(57(79)37(3)73)53(40-23-27-85(82,83)28-24-40)54-66-48(44-29-42(60)17-20-45(44)61)34-69(54)30-38-11-6-4-7-12-38/h4,6-7,11-12,15-22,29,34,36-37,40-41,46-47,52-53,73H,5,8-10,13-14,23-28,30-33,35H2,1-3H3,(H,65,77)(H,67,78)(H,68,74)(H3,63,64,80)/t37-,41-,46-,47-,52-,53+/m0/s1. The van der Waals surface area contributed by atoms with Crippen molar-refractivity contribution < 1.29 is 69.8 Å². The highest BCUT2D eigenvalue weighted by atomic mass is 32.2. The quantitative estimate of drug-likeness (QED) is 0.0337. The van der Waals surface area contributed by atoms with Gasteiger partial charge in [0.1, 0.15) is 58.3 Å². The maximum Gasteiger partial charge on any atom is 0.410 e. The number of urea groups is 1. The molecule has 26 heteroatoms. The van der Waals surface area contributed by atoms with Gasteiger partial charge in [-0.3, -0.25) is 33.7 Å². The molecule has 1 aromatic heterocycles. The molecule has 6 atom stereocenters. The first-order chi connectivity index (χ1) is 40.5. The number of nitrogens with zero attached hydrogens (tertiary/aromatic N) is 5. The second-order valence-corrected chi connectivity index (χ2v) is 24.3. The molecule has 4 heterocycles. The van der Waals surface area contributed by atoms with Gasteiger partial charge < -0.3 is 51.2 Å². The number of imide groups is 1. The number of amides is 9. The zero-order valence-electron chi connectivity index (χ0n) is 47.6. The van der Waals surface area contributed by atoms with Gasteiger partial charge in [0.2, 0.25) is 17.7 Å². The lowest BCUT2D eigenvalue weighted by atomic mass is 9.90. The highest BCUT2D eigenvalue weighted by Gasteiger charge is 2.44. The Balaban J connectivity index is 0.992. The van der Waals surface area contributed by atoms with E-state index in [4.69, 9.17) is 15.5 Å². The van der Waals surface area contributed by atoms with Gasteiger partial charge in [-0.25, -0.2) is 36.2 Å². The van der Waals surface area contributed by atoms with Crippen LogP contribution in [0.25, 0.3) is 11.3 Å². The molecule has 0 aliphatic carbocycles. The summed E-state index contributed by atoms with van der Waals surface area (Å²) in [6.45, 7) is 3.85. The number of carbonyl (C=O) groups is 8. The lowest BCUT2D eigenvalue weighted by Crippen LogP contribution is -2.54. The highest BCUT2D eigenvalue weighted by molar-refractivity contribution is 7.91. The van der Waals surface area contributed by atoms with Gasteiger partial charge in [-0.1, -0.05) is 62.7 Å². The number of aliphatic hydroxyl groups is 1. The van der Waals surface area contributed by atoms with Crippen LogP contribution in [0.15, 0.2) is 91.1 Å². The molecule has 7 N–H and O–H groups in total. The molecule has 2 saturated heterocycles. The number of alkyl halides is 1. The van der Waals surface area contributed by atoms with Crippen LogP contribution in [0.1, 0.15) is 95.1 Å². The number of unbranched alkanes of at least 4 members (excludes halogenated alkanes) is 2. The van der Waals surface area contributed by atoms with Gasteiger partial charge in [-0.05, 0) is 98.7 Å². The van der Waals surface area contributed by atoms with Crippen molar-refractivity contribution in [3.63, 3.8) is 0 Å². The minimum Gasteiger partial charge on any atom is -0.445 e. The van der Waals surface area contributed by atoms with Crippen LogP contribution in [0.4, 0.5) is 28.4 Å². The van der Waals surface area contributed by atoms with Gasteiger partial charge >= 0.3 is 12.1 Å². The molecule has 458 valence electrons. The maximum absolute atomic E-state index is 16.4. The van der Waals surface area contributed by atoms with Crippen LogP contribution in [0, 0.1) is 29.4 Å². The first-order valence-electron chi connectivity index (χ1n) is 28.3. The van der Waals surface area contributed by atoms with E-state index in [0.29, 0.717) is 30.5 Å². The number of hydrogen-bond acceptors (Lipinski definition) is 13. The fourth-order valence-corrected chi connectivity index (χ4v) is 12.1. The van der Waals surface area contributed by atoms with Crippen LogP contribution in [-0.4, -0.2) is 154 Å². The van der Waals surface area contributed by atoms with Crippen molar-refractivity contribution in [2.45, 2.75) is 116 Å². The molecule has 3 aromatic carbocycles. The third kappa shape index (κ3) is 17.9. The molecule has 0 spiro atoms. The van der Waals surface area contributed by atoms with Crippen molar-refractivity contribution in [1.29, 1.82) is 0 Å². The third-order valence-electron chi connectivity index (χ3n) is 15.2. The van der Waals surface area contributed by atoms with Crippen molar-refractivity contribution in [3.8, 4) is 11.3 Å². The average molecular weight is 1200 g/mol. The van der Waals surface area contributed by atoms with Gasteiger partial charge in [-0.2, -0.15) is 0 Å². The number of nitrogens with one attached hydrogen (secondary N) is 4. The number of ether oxygens (including phenoxy) is 1. The molecule has 7 rings (SSSR count). The summed E-state index contributed by atoms with van der Waals surface area (Å²) in [6, 6.07) is 14.1. The van der Waals surface area contributed by atoms with Crippen LogP contribution in [0.5, 0.6) is 0 Å². The van der Waals surface area contributed by atoms with E-state index in [0.717, 1.165) is 33.6 Å². The molecule has 0 radical (unpaired) electrons. The molecule has 3 aliphatic rings. The van der Waals surface area contributed by atoms with E-state index >= 15 is 8.78 Å². The number of likely N-dealkylation sites (tertiary alicyclic amines) is 1. The fraction of sp³-hybridized carbons (Fsp3) is 0.475.